The van der Waals surface area contributed by atoms with Crippen LogP contribution in [0.2, 0.25) is 10.0 Å². The molecule has 2 aromatic rings. The molecule has 1 aliphatic rings. The van der Waals surface area contributed by atoms with E-state index in [0.29, 0.717) is 34.4 Å². The molecule has 0 bridgehead atoms. The van der Waals surface area contributed by atoms with E-state index in [-0.39, 0.29) is 24.3 Å². The van der Waals surface area contributed by atoms with Crippen molar-refractivity contribution in [3.05, 3.63) is 69.7 Å². The Hall–Kier alpha value is -2.34. The normalized spacial score (nSPS) is 14.9. The number of nitrogens with zero attached hydrogens (tertiary/aromatic N) is 1. The summed E-state index contributed by atoms with van der Waals surface area (Å²) in [4.78, 5) is 26.7. The second kappa shape index (κ2) is 9.92. The molecule has 0 aromatic heterocycles. The molecule has 1 saturated heterocycles. The molecule has 0 unspecified atom stereocenters. The number of carbonyl (C=O) groups is 2. The summed E-state index contributed by atoms with van der Waals surface area (Å²) in [5.41, 5.74) is 1.83. The number of aliphatic hydroxyl groups is 1. The maximum Gasteiger partial charge on any atom is 0.253 e. The van der Waals surface area contributed by atoms with E-state index in [1.165, 1.54) is 6.08 Å². The Labute approximate surface area is 179 Å². The van der Waals surface area contributed by atoms with E-state index in [4.69, 9.17) is 23.2 Å². The fourth-order valence-electron chi connectivity index (χ4n) is 3.20. The largest absolute Gasteiger partial charge is 0.396 e. The van der Waals surface area contributed by atoms with Gasteiger partial charge in [-0.2, -0.15) is 0 Å². The van der Waals surface area contributed by atoms with E-state index >= 15 is 0 Å². The SMILES string of the molecule is O=C(/C=C/c1ccc(Cl)c(Cl)c1)Nc1cccc(C(=O)N2CCC(CO)CC2)c1. The molecule has 0 radical (unpaired) electrons. The van der Waals surface area contributed by atoms with Crippen molar-refractivity contribution in [1.82, 2.24) is 4.90 Å². The summed E-state index contributed by atoms with van der Waals surface area (Å²) in [6.45, 7) is 1.43. The fraction of sp³-hybridized carbons (Fsp3) is 0.273. The van der Waals surface area contributed by atoms with E-state index in [2.05, 4.69) is 5.32 Å². The predicted molar refractivity (Wildman–Crippen MR) is 116 cm³/mol. The number of halogens is 2. The van der Waals surface area contributed by atoms with Gasteiger partial charge in [-0.3, -0.25) is 9.59 Å². The van der Waals surface area contributed by atoms with Crippen LogP contribution < -0.4 is 5.32 Å². The lowest BCUT2D eigenvalue weighted by Crippen LogP contribution is -2.39. The number of amides is 2. The van der Waals surface area contributed by atoms with E-state index in [9.17, 15) is 14.7 Å². The van der Waals surface area contributed by atoms with Crippen molar-refractivity contribution in [2.75, 3.05) is 25.0 Å². The van der Waals surface area contributed by atoms with Crippen molar-refractivity contribution in [1.29, 1.82) is 0 Å². The smallest absolute Gasteiger partial charge is 0.253 e. The Kier molecular flexibility index (Phi) is 7.31. The summed E-state index contributed by atoms with van der Waals surface area (Å²) in [5.74, 6) is -0.111. The first-order valence-corrected chi connectivity index (χ1v) is 10.2. The van der Waals surface area contributed by atoms with Crippen LogP contribution in [0.25, 0.3) is 6.08 Å². The molecule has 1 heterocycles. The van der Waals surface area contributed by atoms with Crippen molar-refractivity contribution < 1.29 is 14.7 Å². The summed E-state index contributed by atoms with van der Waals surface area (Å²) in [6, 6.07) is 12.0. The molecular weight excluding hydrogens is 411 g/mol. The molecule has 29 heavy (non-hydrogen) atoms. The van der Waals surface area contributed by atoms with Crippen molar-refractivity contribution in [3.63, 3.8) is 0 Å². The number of aliphatic hydroxyl groups excluding tert-OH is 1. The Morgan fingerprint density at radius 3 is 2.55 bits per heavy atom. The summed E-state index contributed by atoms with van der Waals surface area (Å²) in [5, 5.41) is 12.9. The highest BCUT2D eigenvalue weighted by Crippen LogP contribution is 2.23. The number of likely N-dealkylation sites (tertiary alicyclic amines) is 1. The maximum atomic E-state index is 12.7. The van der Waals surface area contributed by atoms with Gasteiger partial charge in [-0.1, -0.05) is 35.3 Å². The number of rotatable bonds is 5. The average molecular weight is 433 g/mol. The fourth-order valence-corrected chi connectivity index (χ4v) is 3.51. The zero-order chi connectivity index (χ0) is 20.8. The standard InChI is InChI=1S/C22H22Cl2N2O3/c23-19-6-4-15(12-20(19)24)5-7-21(28)25-18-3-1-2-17(13-18)22(29)26-10-8-16(14-27)9-11-26/h1-7,12-13,16,27H,8-11,14H2,(H,25,28)/b7-5+. The quantitative estimate of drug-likeness (QED) is 0.683. The highest BCUT2D eigenvalue weighted by molar-refractivity contribution is 6.42. The van der Waals surface area contributed by atoms with Gasteiger partial charge in [0.25, 0.3) is 5.91 Å². The molecule has 2 aromatic carbocycles. The van der Waals surface area contributed by atoms with Crippen molar-refractivity contribution in [2.45, 2.75) is 12.8 Å². The average Bonchev–Trinajstić information content (AvgIpc) is 2.74. The molecule has 1 aliphatic heterocycles. The first-order valence-electron chi connectivity index (χ1n) is 9.40. The molecule has 0 atom stereocenters. The van der Waals surface area contributed by atoms with Gasteiger partial charge in [0.2, 0.25) is 5.91 Å². The monoisotopic (exact) mass is 432 g/mol. The van der Waals surface area contributed by atoms with Crippen LogP contribution in [-0.4, -0.2) is 41.5 Å². The number of piperidine rings is 1. The van der Waals surface area contributed by atoms with Crippen molar-refractivity contribution in [2.24, 2.45) is 5.92 Å². The molecule has 0 saturated carbocycles. The minimum atomic E-state index is -0.315. The topological polar surface area (TPSA) is 69.6 Å². The number of benzene rings is 2. The summed E-state index contributed by atoms with van der Waals surface area (Å²) in [7, 11) is 0. The summed E-state index contributed by atoms with van der Waals surface area (Å²) < 4.78 is 0. The van der Waals surface area contributed by atoms with Crippen LogP contribution >= 0.6 is 23.2 Å². The van der Waals surface area contributed by atoms with E-state index in [1.807, 2.05) is 0 Å². The van der Waals surface area contributed by atoms with Crippen LogP contribution in [0.15, 0.2) is 48.5 Å². The first-order chi connectivity index (χ1) is 14.0. The number of carbonyl (C=O) groups excluding carboxylic acids is 2. The lowest BCUT2D eigenvalue weighted by Gasteiger charge is -2.31. The van der Waals surface area contributed by atoms with Crippen LogP contribution in [0.1, 0.15) is 28.8 Å². The van der Waals surface area contributed by atoms with Gasteiger partial charge in [0.15, 0.2) is 0 Å². The first kappa shape index (κ1) is 21.4. The zero-order valence-electron chi connectivity index (χ0n) is 15.8. The third-order valence-corrected chi connectivity index (χ3v) is 5.65. The molecule has 7 heteroatoms. The molecule has 1 fully saturated rings. The van der Waals surface area contributed by atoms with Gasteiger partial charge in [0, 0.05) is 37.0 Å². The second-order valence-electron chi connectivity index (χ2n) is 7.00. The lowest BCUT2D eigenvalue weighted by atomic mass is 9.97. The zero-order valence-corrected chi connectivity index (χ0v) is 17.3. The third kappa shape index (κ3) is 5.82. The Morgan fingerprint density at radius 1 is 1.10 bits per heavy atom. The highest BCUT2D eigenvalue weighted by Gasteiger charge is 2.23. The number of anilines is 1. The number of hydrogen-bond acceptors (Lipinski definition) is 3. The molecule has 2 amide bonds. The molecule has 5 nitrogen and oxygen atoms in total. The van der Waals surface area contributed by atoms with Gasteiger partial charge in [0.1, 0.15) is 0 Å². The van der Waals surface area contributed by atoms with E-state index < -0.39 is 0 Å². The Morgan fingerprint density at radius 2 is 1.86 bits per heavy atom. The highest BCUT2D eigenvalue weighted by atomic mass is 35.5. The number of hydrogen-bond donors (Lipinski definition) is 2. The molecule has 0 aliphatic carbocycles. The van der Waals surface area contributed by atoms with Gasteiger partial charge in [-0.15, -0.1) is 0 Å². The Balaban J connectivity index is 1.61. The van der Waals surface area contributed by atoms with Crippen molar-refractivity contribution in [3.8, 4) is 0 Å². The number of nitrogens with one attached hydrogen (secondary N) is 1. The second-order valence-corrected chi connectivity index (χ2v) is 7.81. The van der Waals surface area contributed by atoms with Crippen LogP contribution in [0.3, 0.4) is 0 Å². The van der Waals surface area contributed by atoms with Crippen LogP contribution in [0, 0.1) is 5.92 Å². The van der Waals surface area contributed by atoms with E-state index in [1.54, 1.807) is 53.4 Å². The summed E-state index contributed by atoms with van der Waals surface area (Å²) >= 11 is 11.9. The minimum absolute atomic E-state index is 0.0659. The maximum absolute atomic E-state index is 12.7. The molecule has 0 spiro atoms. The predicted octanol–water partition coefficient (Wildman–Crippen LogP) is 4.49. The van der Waals surface area contributed by atoms with Gasteiger partial charge >= 0.3 is 0 Å². The third-order valence-electron chi connectivity index (χ3n) is 4.91. The van der Waals surface area contributed by atoms with Gasteiger partial charge in [0.05, 0.1) is 10.0 Å². The Bertz CT molecular complexity index is 922. The minimum Gasteiger partial charge on any atom is -0.396 e. The van der Waals surface area contributed by atoms with Crippen molar-refractivity contribution >= 4 is 46.8 Å². The van der Waals surface area contributed by atoms with Gasteiger partial charge < -0.3 is 15.3 Å². The molecule has 3 rings (SSSR count). The summed E-state index contributed by atoms with van der Waals surface area (Å²) in [6.07, 6.45) is 4.64. The molecule has 2 N–H and O–H groups in total. The molecular formula is C22H22Cl2N2O3. The van der Waals surface area contributed by atoms with Crippen LogP contribution in [0.4, 0.5) is 5.69 Å². The van der Waals surface area contributed by atoms with Crippen LogP contribution in [0.5, 0.6) is 0 Å². The van der Waals surface area contributed by atoms with Gasteiger partial charge in [-0.25, -0.2) is 0 Å². The lowest BCUT2D eigenvalue weighted by molar-refractivity contribution is -0.111. The molecule has 152 valence electrons. The van der Waals surface area contributed by atoms with Gasteiger partial charge in [-0.05, 0) is 60.7 Å². The van der Waals surface area contributed by atoms with Crippen LogP contribution in [-0.2, 0) is 4.79 Å². The van der Waals surface area contributed by atoms with E-state index in [0.717, 1.165) is 18.4 Å².